The molecule has 0 aromatic carbocycles. The maximum Gasteiger partial charge on any atom is -0.0287 e. The third kappa shape index (κ3) is 0.717. The molecule has 0 radical (unpaired) electrons. The highest BCUT2D eigenvalue weighted by Gasteiger charge is 2.65. The van der Waals surface area contributed by atoms with Crippen LogP contribution in [0.5, 0.6) is 0 Å². The van der Waals surface area contributed by atoms with Crippen LogP contribution < -0.4 is 0 Å². The zero-order valence-corrected chi connectivity index (χ0v) is 9.50. The zero-order chi connectivity index (χ0) is 9.50. The van der Waals surface area contributed by atoms with Gasteiger partial charge in [-0.25, -0.2) is 0 Å². The van der Waals surface area contributed by atoms with Crippen molar-refractivity contribution in [3.8, 4) is 0 Å². The summed E-state index contributed by atoms with van der Waals surface area (Å²) in [5, 5.41) is 0. The van der Waals surface area contributed by atoms with Crippen LogP contribution in [0.25, 0.3) is 0 Å². The second-order valence-corrected chi connectivity index (χ2v) is 7.14. The summed E-state index contributed by atoms with van der Waals surface area (Å²) in [6, 6.07) is 0. The lowest BCUT2D eigenvalue weighted by molar-refractivity contribution is 0.0632. The molecular weight excluding hydrogens is 168 g/mol. The van der Waals surface area contributed by atoms with E-state index < -0.39 is 0 Å². The molecule has 0 spiro atoms. The maximum absolute atomic E-state index is 2.62. The molecule has 4 rings (SSSR count). The zero-order valence-electron chi connectivity index (χ0n) is 9.50. The van der Waals surface area contributed by atoms with E-state index in [-0.39, 0.29) is 0 Å². The van der Waals surface area contributed by atoms with Gasteiger partial charge in [-0.05, 0) is 73.0 Å². The molecule has 4 bridgehead atoms. The van der Waals surface area contributed by atoms with Crippen molar-refractivity contribution in [1.29, 1.82) is 0 Å². The Bertz CT molecular complexity index is 282. The SMILES string of the molecule is CC1CC2(C)CC1C1C3CCC(C3)C12. The first-order valence-electron chi connectivity index (χ1n) is 6.69. The first-order valence-corrected chi connectivity index (χ1v) is 6.69. The Hall–Kier alpha value is 0. The van der Waals surface area contributed by atoms with Gasteiger partial charge in [0, 0.05) is 0 Å². The van der Waals surface area contributed by atoms with Crippen LogP contribution >= 0.6 is 0 Å². The molecular formula is C14H22. The van der Waals surface area contributed by atoms with Crippen LogP contribution in [0, 0.1) is 40.9 Å². The minimum atomic E-state index is 0.786. The molecule has 4 fully saturated rings. The fourth-order valence-electron chi connectivity index (χ4n) is 6.48. The van der Waals surface area contributed by atoms with Crippen LogP contribution in [0.4, 0.5) is 0 Å². The predicted molar refractivity (Wildman–Crippen MR) is 57.8 cm³/mol. The van der Waals surface area contributed by atoms with Gasteiger partial charge in [-0.15, -0.1) is 0 Å². The van der Waals surface area contributed by atoms with Crippen molar-refractivity contribution in [2.24, 2.45) is 40.9 Å². The third-order valence-electron chi connectivity index (χ3n) is 6.50. The average molecular weight is 190 g/mol. The van der Waals surface area contributed by atoms with E-state index in [9.17, 15) is 0 Å². The third-order valence-corrected chi connectivity index (χ3v) is 6.50. The molecule has 0 N–H and O–H groups in total. The van der Waals surface area contributed by atoms with Crippen molar-refractivity contribution in [2.75, 3.05) is 0 Å². The Morgan fingerprint density at radius 2 is 1.86 bits per heavy atom. The lowest BCUT2D eigenvalue weighted by atomic mass is 9.63. The van der Waals surface area contributed by atoms with Crippen molar-refractivity contribution >= 4 is 0 Å². The van der Waals surface area contributed by atoms with Gasteiger partial charge in [0.15, 0.2) is 0 Å². The molecule has 0 heterocycles. The number of hydrogen-bond donors (Lipinski definition) is 0. The highest BCUT2D eigenvalue weighted by Crippen LogP contribution is 2.73. The van der Waals surface area contributed by atoms with Crippen molar-refractivity contribution in [2.45, 2.75) is 46.0 Å². The molecule has 78 valence electrons. The van der Waals surface area contributed by atoms with E-state index in [1.165, 1.54) is 17.8 Å². The summed E-state index contributed by atoms with van der Waals surface area (Å²) in [7, 11) is 0. The number of rotatable bonds is 0. The van der Waals surface area contributed by atoms with Gasteiger partial charge in [0.25, 0.3) is 0 Å². The van der Waals surface area contributed by atoms with Gasteiger partial charge in [0.1, 0.15) is 0 Å². The molecule has 4 aliphatic rings. The van der Waals surface area contributed by atoms with E-state index >= 15 is 0 Å². The van der Waals surface area contributed by atoms with Crippen LogP contribution in [0.3, 0.4) is 0 Å². The highest BCUT2D eigenvalue weighted by atomic mass is 14.7. The Morgan fingerprint density at radius 3 is 2.71 bits per heavy atom. The summed E-state index contributed by atoms with van der Waals surface area (Å²) in [4.78, 5) is 0. The molecule has 0 amide bonds. The van der Waals surface area contributed by atoms with E-state index in [1.54, 1.807) is 32.1 Å². The summed E-state index contributed by atoms with van der Waals surface area (Å²) in [5.41, 5.74) is 0.786. The van der Waals surface area contributed by atoms with E-state index in [1.807, 2.05) is 0 Å². The van der Waals surface area contributed by atoms with Gasteiger partial charge in [0.2, 0.25) is 0 Å². The molecule has 7 atom stereocenters. The lowest BCUT2D eigenvalue weighted by Crippen LogP contribution is -2.36. The quantitative estimate of drug-likeness (QED) is 0.511. The van der Waals surface area contributed by atoms with Crippen LogP contribution in [-0.4, -0.2) is 0 Å². The fourth-order valence-corrected chi connectivity index (χ4v) is 6.48. The second-order valence-electron chi connectivity index (χ2n) is 7.14. The van der Waals surface area contributed by atoms with E-state index in [2.05, 4.69) is 13.8 Å². The molecule has 0 aromatic rings. The molecule has 0 heteroatoms. The van der Waals surface area contributed by atoms with Crippen molar-refractivity contribution in [1.82, 2.24) is 0 Å². The molecule has 7 unspecified atom stereocenters. The molecule has 0 aliphatic heterocycles. The monoisotopic (exact) mass is 190 g/mol. The normalized spacial score (nSPS) is 69.0. The summed E-state index contributed by atoms with van der Waals surface area (Å²) in [6.07, 6.45) is 7.94. The standard InChI is InChI=1S/C14H22/c1-8-6-14(2)7-11(8)12-9-3-4-10(5-9)13(12)14/h8-13H,3-7H2,1-2H3. The van der Waals surface area contributed by atoms with Crippen LogP contribution in [0.1, 0.15) is 46.0 Å². The van der Waals surface area contributed by atoms with E-state index in [0.717, 1.165) is 23.2 Å². The van der Waals surface area contributed by atoms with E-state index in [0.29, 0.717) is 0 Å². The number of hydrogen-bond acceptors (Lipinski definition) is 0. The Labute approximate surface area is 87.5 Å². The summed E-state index contributed by atoms with van der Waals surface area (Å²) < 4.78 is 0. The van der Waals surface area contributed by atoms with Gasteiger partial charge >= 0.3 is 0 Å². The Kier molecular flexibility index (Phi) is 1.30. The second kappa shape index (κ2) is 2.23. The van der Waals surface area contributed by atoms with Gasteiger partial charge in [0.05, 0.1) is 0 Å². The predicted octanol–water partition coefficient (Wildman–Crippen LogP) is 3.71. The number of fused-ring (bicyclic) bond motifs is 9. The minimum Gasteiger partial charge on any atom is -0.0622 e. The first-order chi connectivity index (χ1) is 6.69. The first kappa shape index (κ1) is 8.19. The molecule has 0 saturated heterocycles. The maximum atomic E-state index is 2.62. The van der Waals surface area contributed by atoms with Crippen molar-refractivity contribution < 1.29 is 0 Å². The van der Waals surface area contributed by atoms with Gasteiger partial charge in [-0.1, -0.05) is 13.8 Å². The largest absolute Gasteiger partial charge is 0.0622 e. The Balaban J connectivity index is 1.79. The Morgan fingerprint density at radius 1 is 1.07 bits per heavy atom. The van der Waals surface area contributed by atoms with Crippen molar-refractivity contribution in [3.05, 3.63) is 0 Å². The van der Waals surface area contributed by atoms with Crippen LogP contribution in [-0.2, 0) is 0 Å². The molecule has 4 saturated carbocycles. The topological polar surface area (TPSA) is 0 Å². The molecule has 4 aliphatic carbocycles. The van der Waals surface area contributed by atoms with Crippen LogP contribution in [0.2, 0.25) is 0 Å². The van der Waals surface area contributed by atoms with Gasteiger partial charge in [-0.2, -0.15) is 0 Å². The smallest absolute Gasteiger partial charge is 0.0287 e. The van der Waals surface area contributed by atoms with Gasteiger partial charge < -0.3 is 0 Å². The highest BCUT2D eigenvalue weighted by molar-refractivity contribution is 5.14. The lowest BCUT2D eigenvalue weighted by Gasteiger charge is -2.42. The van der Waals surface area contributed by atoms with Gasteiger partial charge in [-0.3, -0.25) is 0 Å². The molecule has 0 aromatic heterocycles. The fraction of sp³-hybridized carbons (Fsp3) is 1.00. The summed E-state index contributed by atoms with van der Waals surface area (Å²) in [5.74, 6) is 6.87. The minimum absolute atomic E-state index is 0.786. The summed E-state index contributed by atoms with van der Waals surface area (Å²) >= 11 is 0. The average Bonchev–Trinajstić information content (AvgIpc) is 2.78. The molecule has 0 nitrogen and oxygen atoms in total. The van der Waals surface area contributed by atoms with Crippen LogP contribution in [0.15, 0.2) is 0 Å². The molecule has 14 heavy (non-hydrogen) atoms. The van der Waals surface area contributed by atoms with E-state index in [4.69, 9.17) is 0 Å². The summed E-state index contributed by atoms with van der Waals surface area (Å²) in [6.45, 7) is 5.15. The van der Waals surface area contributed by atoms with Crippen molar-refractivity contribution in [3.63, 3.8) is 0 Å².